The maximum absolute atomic E-state index is 3.64. The van der Waals surface area contributed by atoms with E-state index in [4.69, 9.17) is 0 Å². The molecule has 13 heavy (non-hydrogen) atoms. The minimum atomic E-state index is 0.536. The van der Waals surface area contributed by atoms with E-state index < -0.39 is 0 Å². The molecule has 76 valence electrons. The summed E-state index contributed by atoms with van der Waals surface area (Å²) in [6.07, 6.45) is 6.95. The third-order valence-corrected chi connectivity index (χ3v) is 3.50. The van der Waals surface area contributed by atoms with Gasteiger partial charge in [0.25, 0.3) is 0 Å². The van der Waals surface area contributed by atoms with E-state index in [1.54, 1.807) is 0 Å². The average Bonchev–Trinajstić information content (AvgIpc) is 2.69. The molecule has 0 amide bonds. The Bertz CT molecular complexity index is 157. The SMILES string of the molecule is CC1(NCCCC2CCNC2)CC1. The minimum Gasteiger partial charge on any atom is -0.316 e. The van der Waals surface area contributed by atoms with Crippen molar-refractivity contribution in [1.82, 2.24) is 10.6 Å². The Morgan fingerprint density at radius 2 is 2.31 bits per heavy atom. The van der Waals surface area contributed by atoms with Crippen molar-refractivity contribution < 1.29 is 0 Å². The molecule has 2 nitrogen and oxygen atoms in total. The van der Waals surface area contributed by atoms with Crippen LogP contribution in [0.25, 0.3) is 0 Å². The van der Waals surface area contributed by atoms with E-state index in [0.29, 0.717) is 5.54 Å². The molecule has 1 saturated carbocycles. The second-order valence-electron chi connectivity index (χ2n) is 4.99. The Morgan fingerprint density at radius 3 is 2.92 bits per heavy atom. The molecule has 0 aromatic heterocycles. The molecule has 0 aromatic carbocycles. The predicted molar refractivity (Wildman–Crippen MR) is 55.9 cm³/mol. The molecule has 2 N–H and O–H groups in total. The second kappa shape index (κ2) is 3.97. The summed E-state index contributed by atoms with van der Waals surface area (Å²) in [7, 11) is 0. The summed E-state index contributed by atoms with van der Waals surface area (Å²) in [6.45, 7) is 6.07. The van der Waals surface area contributed by atoms with Crippen LogP contribution in [0.4, 0.5) is 0 Å². The zero-order valence-electron chi connectivity index (χ0n) is 8.73. The zero-order valence-corrected chi connectivity index (χ0v) is 8.73. The summed E-state index contributed by atoms with van der Waals surface area (Å²) in [6, 6.07) is 0. The molecule has 1 unspecified atom stereocenters. The van der Waals surface area contributed by atoms with Crippen molar-refractivity contribution >= 4 is 0 Å². The third kappa shape index (κ3) is 2.96. The highest BCUT2D eigenvalue weighted by Gasteiger charge is 2.35. The Morgan fingerprint density at radius 1 is 1.46 bits per heavy atom. The fraction of sp³-hybridized carbons (Fsp3) is 1.00. The monoisotopic (exact) mass is 182 g/mol. The molecule has 0 aromatic rings. The normalized spacial score (nSPS) is 30.7. The summed E-state index contributed by atoms with van der Waals surface area (Å²) in [5, 5.41) is 7.06. The number of nitrogens with one attached hydrogen (secondary N) is 2. The molecule has 2 aliphatic rings. The van der Waals surface area contributed by atoms with Gasteiger partial charge in [-0.25, -0.2) is 0 Å². The van der Waals surface area contributed by atoms with Gasteiger partial charge in [0.2, 0.25) is 0 Å². The van der Waals surface area contributed by atoms with Crippen LogP contribution in [0.3, 0.4) is 0 Å². The third-order valence-electron chi connectivity index (χ3n) is 3.50. The molecule has 1 aliphatic carbocycles. The van der Waals surface area contributed by atoms with Crippen LogP contribution in [0.2, 0.25) is 0 Å². The van der Waals surface area contributed by atoms with Crippen LogP contribution in [0.5, 0.6) is 0 Å². The van der Waals surface area contributed by atoms with Crippen LogP contribution in [0, 0.1) is 5.92 Å². The van der Waals surface area contributed by atoms with Gasteiger partial charge in [0.05, 0.1) is 0 Å². The smallest absolute Gasteiger partial charge is 0.0154 e. The molecule has 1 saturated heterocycles. The lowest BCUT2D eigenvalue weighted by molar-refractivity contribution is 0.462. The number of rotatable bonds is 5. The van der Waals surface area contributed by atoms with Crippen molar-refractivity contribution in [2.24, 2.45) is 5.92 Å². The van der Waals surface area contributed by atoms with E-state index in [1.807, 2.05) is 0 Å². The second-order valence-corrected chi connectivity index (χ2v) is 4.99. The maximum atomic E-state index is 3.64. The Hall–Kier alpha value is -0.0800. The summed E-state index contributed by atoms with van der Waals surface area (Å²) < 4.78 is 0. The maximum Gasteiger partial charge on any atom is 0.0154 e. The first-order chi connectivity index (χ1) is 6.29. The lowest BCUT2D eigenvalue weighted by atomic mass is 10.0. The van der Waals surface area contributed by atoms with Crippen molar-refractivity contribution in [2.75, 3.05) is 19.6 Å². The molecule has 2 heteroatoms. The van der Waals surface area contributed by atoms with Crippen LogP contribution in [-0.2, 0) is 0 Å². The van der Waals surface area contributed by atoms with Crippen LogP contribution >= 0.6 is 0 Å². The van der Waals surface area contributed by atoms with Crippen molar-refractivity contribution in [3.8, 4) is 0 Å². The zero-order chi connectivity index (χ0) is 9.15. The first-order valence-electron chi connectivity index (χ1n) is 5.74. The molecule has 2 rings (SSSR count). The largest absolute Gasteiger partial charge is 0.316 e. The number of hydrogen-bond acceptors (Lipinski definition) is 2. The summed E-state index contributed by atoms with van der Waals surface area (Å²) in [4.78, 5) is 0. The lowest BCUT2D eigenvalue weighted by Crippen LogP contribution is -2.28. The van der Waals surface area contributed by atoms with Gasteiger partial charge in [-0.05, 0) is 64.6 Å². The lowest BCUT2D eigenvalue weighted by Gasteiger charge is -2.12. The van der Waals surface area contributed by atoms with Gasteiger partial charge in [0, 0.05) is 5.54 Å². The average molecular weight is 182 g/mol. The van der Waals surface area contributed by atoms with Gasteiger partial charge in [-0.15, -0.1) is 0 Å². The quantitative estimate of drug-likeness (QED) is 0.630. The Kier molecular flexibility index (Phi) is 2.89. The predicted octanol–water partition coefficient (Wildman–Crippen LogP) is 1.52. The van der Waals surface area contributed by atoms with Gasteiger partial charge in [-0.1, -0.05) is 0 Å². The van der Waals surface area contributed by atoms with Gasteiger partial charge in [-0.2, -0.15) is 0 Å². The van der Waals surface area contributed by atoms with E-state index in [1.165, 1.54) is 51.7 Å². The van der Waals surface area contributed by atoms with E-state index in [2.05, 4.69) is 17.6 Å². The Balaban J connectivity index is 1.48. The number of hydrogen-bond donors (Lipinski definition) is 2. The van der Waals surface area contributed by atoms with Gasteiger partial charge in [-0.3, -0.25) is 0 Å². The highest BCUT2D eigenvalue weighted by molar-refractivity contribution is 4.97. The van der Waals surface area contributed by atoms with Crippen LogP contribution in [-0.4, -0.2) is 25.2 Å². The highest BCUT2D eigenvalue weighted by atomic mass is 15.0. The summed E-state index contributed by atoms with van der Waals surface area (Å²) in [5.74, 6) is 0.966. The van der Waals surface area contributed by atoms with Crippen molar-refractivity contribution in [3.63, 3.8) is 0 Å². The molecule has 0 bridgehead atoms. The molecule has 1 heterocycles. The van der Waals surface area contributed by atoms with E-state index in [0.717, 1.165) is 5.92 Å². The standard InChI is InChI=1S/C11H22N2/c1-11(5-6-11)13-7-2-3-10-4-8-12-9-10/h10,12-13H,2-9H2,1H3. The molecular formula is C11H22N2. The molecule has 0 spiro atoms. The molecular weight excluding hydrogens is 160 g/mol. The van der Waals surface area contributed by atoms with Gasteiger partial charge in [0.1, 0.15) is 0 Å². The topological polar surface area (TPSA) is 24.1 Å². The van der Waals surface area contributed by atoms with Gasteiger partial charge >= 0.3 is 0 Å². The van der Waals surface area contributed by atoms with E-state index in [9.17, 15) is 0 Å². The van der Waals surface area contributed by atoms with Crippen molar-refractivity contribution in [3.05, 3.63) is 0 Å². The molecule has 2 fully saturated rings. The Labute approximate surface area is 81.5 Å². The van der Waals surface area contributed by atoms with Crippen LogP contribution < -0.4 is 10.6 Å². The van der Waals surface area contributed by atoms with E-state index >= 15 is 0 Å². The van der Waals surface area contributed by atoms with Crippen molar-refractivity contribution in [2.45, 2.75) is 44.6 Å². The van der Waals surface area contributed by atoms with Gasteiger partial charge < -0.3 is 10.6 Å². The van der Waals surface area contributed by atoms with Crippen LogP contribution in [0.15, 0.2) is 0 Å². The van der Waals surface area contributed by atoms with Crippen LogP contribution in [0.1, 0.15) is 39.0 Å². The van der Waals surface area contributed by atoms with Crippen molar-refractivity contribution in [1.29, 1.82) is 0 Å². The highest BCUT2D eigenvalue weighted by Crippen LogP contribution is 2.34. The first-order valence-corrected chi connectivity index (χ1v) is 5.74. The molecule has 1 aliphatic heterocycles. The first kappa shape index (κ1) is 9.47. The minimum absolute atomic E-state index is 0.536. The summed E-state index contributed by atoms with van der Waals surface area (Å²) in [5.41, 5.74) is 0.536. The molecule has 1 atom stereocenters. The van der Waals surface area contributed by atoms with Gasteiger partial charge in [0.15, 0.2) is 0 Å². The summed E-state index contributed by atoms with van der Waals surface area (Å²) >= 11 is 0. The fourth-order valence-corrected chi connectivity index (χ4v) is 2.11. The van der Waals surface area contributed by atoms with E-state index in [-0.39, 0.29) is 0 Å². The molecule has 0 radical (unpaired) electrons. The fourth-order valence-electron chi connectivity index (χ4n) is 2.11.